The maximum absolute atomic E-state index is 13.1. The fraction of sp³-hybridized carbons (Fsp3) is 0.350. The first-order valence-electron chi connectivity index (χ1n) is 8.63. The lowest BCUT2D eigenvalue weighted by Gasteiger charge is -2.10. The van der Waals surface area contributed by atoms with Crippen molar-refractivity contribution < 1.29 is 27.8 Å². The van der Waals surface area contributed by atoms with Crippen LogP contribution in [0.2, 0.25) is 0 Å². The number of aliphatic hydroxyl groups excluding tert-OH is 1. The molecule has 0 aliphatic rings. The normalized spacial score (nSPS) is 10.6. The second-order valence-electron chi connectivity index (χ2n) is 5.81. The van der Waals surface area contributed by atoms with E-state index in [0.29, 0.717) is 38.2 Å². The van der Waals surface area contributed by atoms with Gasteiger partial charge in [-0.15, -0.1) is 6.58 Å². The summed E-state index contributed by atoms with van der Waals surface area (Å²) in [5.41, 5.74) is -0.344. The highest BCUT2D eigenvalue weighted by Crippen LogP contribution is 2.18. The van der Waals surface area contributed by atoms with Crippen LogP contribution in [0, 0.1) is 11.6 Å². The standard InChI is InChI=1S/C20H22F2O5/c1-2-6-19-20(18(24)12-15(13-23)27-19)26-10-5-3-4-9-25-14-7-8-16(21)17(22)11-14/h2,7-8,11-12,23H,1,3-6,9-10,13H2. The molecular formula is C20H22F2O5. The molecular weight excluding hydrogens is 358 g/mol. The lowest BCUT2D eigenvalue weighted by atomic mass is 10.2. The summed E-state index contributed by atoms with van der Waals surface area (Å²) in [6, 6.07) is 4.61. The number of allylic oxidation sites excluding steroid dienone is 1. The number of halogens is 2. The zero-order valence-electron chi connectivity index (χ0n) is 14.9. The lowest BCUT2D eigenvalue weighted by Crippen LogP contribution is -2.12. The number of rotatable bonds is 11. The molecule has 27 heavy (non-hydrogen) atoms. The molecule has 0 unspecified atom stereocenters. The molecule has 1 aromatic carbocycles. The van der Waals surface area contributed by atoms with E-state index < -0.39 is 11.6 Å². The van der Waals surface area contributed by atoms with Crippen LogP contribution in [0.1, 0.15) is 30.8 Å². The van der Waals surface area contributed by atoms with Crippen LogP contribution in [-0.2, 0) is 13.0 Å². The van der Waals surface area contributed by atoms with Crippen molar-refractivity contribution in [2.24, 2.45) is 0 Å². The number of unbranched alkanes of at least 4 members (excludes halogenated alkanes) is 2. The highest BCUT2D eigenvalue weighted by molar-refractivity contribution is 5.28. The Bertz CT molecular complexity index is 817. The molecule has 1 N–H and O–H groups in total. The predicted molar refractivity (Wildman–Crippen MR) is 96.0 cm³/mol. The van der Waals surface area contributed by atoms with Crippen molar-refractivity contribution >= 4 is 0 Å². The molecule has 146 valence electrons. The Balaban J connectivity index is 1.74. The Labute approximate surface area is 155 Å². The van der Waals surface area contributed by atoms with E-state index in [2.05, 4.69) is 6.58 Å². The van der Waals surface area contributed by atoms with Crippen LogP contribution in [0.15, 0.2) is 46.1 Å². The van der Waals surface area contributed by atoms with Crippen LogP contribution in [-0.4, -0.2) is 18.3 Å². The molecule has 2 rings (SSSR count). The first-order chi connectivity index (χ1) is 13.0. The van der Waals surface area contributed by atoms with Crippen LogP contribution in [0.25, 0.3) is 0 Å². The Morgan fingerprint density at radius 2 is 1.81 bits per heavy atom. The van der Waals surface area contributed by atoms with Gasteiger partial charge in [0.2, 0.25) is 11.2 Å². The molecule has 0 saturated carbocycles. The van der Waals surface area contributed by atoms with Gasteiger partial charge in [-0.1, -0.05) is 6.08 Å². The van der Waals surface area contributed by atoms with E-state index in [1.165, 1.54) is 12.1 Å². The second kappa shape index (κ2) is 10.5. The summed E-state index contributed by atoms with van der Waals surface area (Å²) in [6.07, 6.45) is 4.04. The van der Waals surface area contributed by atoms with Crippen LogP contribution in [0.5, 0.6) is 11.5 Å². The van der Waals surface area contributed by atoms with Crippen molar-refractivity contribution in [2.45, 2.75) is 32.3 Å². The van der Waals surface area contributed by atoms with Crippen molar-refractivity contribution in [3.05, 3.63) is 70.3 Å². The van der Waals surface area contributed by atoms with Crippen LogP contribution in [0.4, 0.5) is 8.78 Å². The van der Waals surface area contributed by atoms with Crippen molar-refractivity contribution in [3.8, 4) is 11.5 Å². The van der Waals surface area contributed by atoms with Crippen molar-refractivity contribution in [2.75, 3.05) is 13.2 Å². The highest BCUT2D eigenvalue weighted by atomic mass is 19.2. The molecule has 0 radical (unpaired) electrons. The largest absolute Gasteiger partial charge is 0.493 e. The van der Waals surface area contributed by atoms with E-state index >= 15 is 0 Å². The third-order valence-electron chi connectivity index (χ3n) is 3.70. The molecule has 0 aliphatic carbocycles. The molecule has 0 saturated heterocycles. The smallest absolute Gasteiger partial charge is 0.227 e. The van der Waals surface area contributed by atoms with E-state index in [9.17, 15) is 13.6 Å². The molecule has 0 aliphatic heterocycles. The van der Waals surface area contributed by atoms with Crippen LogP contribution in [0.3, 0.4) is 0 Å². The summed E-state index contributed by atoms with van der Waals surface area (Å²) in [5, 5.41) is 9.10. The van der Waals surface area contributed by atoms with Crippen molar-refractivity contribution in [3.63, 3.8) is 0 Å². The highest BCUT2D eigenvalue weighted by Gasteiger charge is 2.12. The van der Waals surface area contributed by atoms with Gasteiger partial charge in [0.25, 0.3) is 0 Å². The minimum Gasteiger partial charge on any atom is -0.493 e. The first kappa shape index (κ1) is 20.6. The Hall–Kier alpha value is -2.67. The summed E-state index contributed by atoms with van der Waals surface area (Å²) < 4.78 is 42.2. The zero-order chi connectivity index (χ0) is 19.6. The minimum absolute atomic E-state index is 0.130. The SMILES string of the molecule is C=CCc1oc(CO)cc(=O)c1OCCCCCOc1ccc(F)c(F)c1. The van der Waals surface area contributed by atoms with Gasteiger partial charge in [-0.3, -0.25) is 4.79 Å². The first-order valence-corrected chi connectivity index (χ1v) is 8.63. The maximum Gasteiger partial charge on any atom is 0.227 e. The second-order valence-corrected chi connectivity index (χ2v) is 5.81. The molecule has 1 aromatic heterocycles. The quantitative estimate of drug-likeness (QED) is 0.475. The van der Waals surface area contributed by atoms with E-state index in [1.54, 1.807) is 6.08 Å². The molecule has 0 bridgehead atoms. The monoisotopic (exact) mass is 380 g/mol. The van der Waals surface area contributed by atoms with E-state index in [1.807, 2.05) is 0 Å². The molecule has 0 atom stereocenters. The van der Waals surface area contributed by atoms with Gasteiger partial charge in [0.05, 0.1) is 13.2 Å². The van der Waals surface area contributed by atoms with Gasteiger partial charge < -0.3 is 19.0 Å². The third kappa shape index (κ3) is 6.21. The summed E-state index contributed by atoms with van der Waals surface area (Å²) in [6.45, 7) is 3.93. The van der Waals surface area contributed by atoms with Crippen molar-refractivity contribution in [1.82, 2.24) is 0 Å². The molecule has 0 spiro atoms. The van der Waals surface area contributed by atoms with Gasteiger partial charge >= 0.3 is 0 Å². The maximum atomic E-state index is 13.1. The zero-order valence-corrected chi connectivity index (χ0v) is 14.9. The van der Waals surface area contributed by atoms with Gasteiger partial charge in [0.1, 0.15) is 18.1 Å². The Kier molecular flexibility index (Phi) is 8.00. The van der Waals surface area contributed by atoms with E-state index in [4.69, 9.17) is 19.0 Å². The summed E-state index contributed by atoms with van der Waals surface area (Å²) in [7, 11) is 0. The topological polar surface area (TPSA) is 68.9 Å². The Morgan fingerprint density at radius 3 is 2.48 bits per heavy atom. The molecule has 1 heterocycles. The molecule has 0 amide bonds. The van der Waals surface area contributed by atoms with Gasteiger partial charge in [-0.2, -0.15) is 0 Å². The summed E-state index contributed by atoms with van der Waals surface area (Å²) in [4.78, 5) is 12.1. The number of aliphatic hydroxyl groups is 1. The van der Waals surface area contributed by atoms with E-state index in [0.717, 1.165) is 18.6 Å². The average Bonchev–Trinajstić information content (AvgIpc) is 2.65. The molecule has 0 fully saturated rings. The molecule has 2 aromatic rings. The van der Waals surface area contributed by atoms with Gasteiger partial charge in [-0.25, -0.2) is 8.78 Å². The van der Waals surface area contributed by atoms with Crippen LogP contribution < -0.4 is 14.9 Å². The number of hydrogen-bond donors (Lipinski definition) is 1. The molecule has 5 nitrogen and oxygen atoms in total. The number of benzene rings is 1. The van der Waals surface area contributed by atoms with Crippen molar-refractivity contribution in [1.29, 1.82) is 0 Å². The fourth-order valence-corrected chi connectivity index (χ4v) is 2.39. The van der Waals surface area contributed by atoms with Gasteiger partial charge in [0.15, 0.2) is 17.4 Å². The van der Waals surface area contributed by atoms with Gasteiger partial charge in [0, 0.05) is 18.6 Å². The lowest BCUT2D eigenvalue weighted by molar-refractivity contribution is 0.229. The molecule has 7 heteroatoms. The number of ether oxygens (including phenoxy) is 2. The Morgan fingerprint density at radius 1 is 1.07 bits per heavy atom. The average molecular weight is 380 g/mol. The van der Waals surface area contributed by atoms with Gasteiger partial charge in [-0.05, 0) is 31.4 Å². The number of hydrogen-bond acceptors (Lipinski definition) is 5. The summed E-state index contributed by atoms with van der Waals surface area (Å²) >= 11 is 0. The minimum atomic E-state index is -0.942. The van der Waals surface area contributed by atoms with Crippen LogP contribution >= 0.6 is 0 Å². The summed E-state index contributed by atoms with van der Waals surface area (Å²) in [5.74, 6) is -0.929. The van der Waals surface area contributed by atoms with E-state index in [-0.39, 0.29) is 29.3 Å². The fourth-order valence-electron chi connectivity index (χ4n) is 2.39. The third-order valence-corrected chi connectivity index (χ3v) is 3.70. The predicted octanol–water partition coefficient (Wildman–Crippen LogP) is 3.77.